The van der Waals surface area contributed by atoms with Crippen molar-refractivity contribution >= 4 is 23.2 Å². The Kier molecular flexibility index (Phi) is 3.58. The van der Waals surface area contributed by atoms with Crippen LogP contribution in [0.15, 0.2) is 18.2 Å². The molecule has 0 aliphatic heterocycles. The van der Waals surface area contributed by atoms with Crippen molar-refractivity contribution in [2.45, 2.75) is 19.4 Å². The van der Waals surface area contributed by atoms with Gasteiger partial charge in [-0.05, 0) is 25.1 Å². The molecule has 1 aromatic rings. The van der Waals surface area contributed by atoms with Crippen LogP contribution < -0.4 is 5.32 Å². The third-order valence-electron chi connectivity index (χ3n) is 2.10. The Balaban J connectivity index is 3.30. The summed E-state index contributed by atoms with van der Waals surface area (Å²) in [6.07, 6.45) is 5.23. The molecule has 1 aromatic carbocycles. The van der Waals surface area contributed by atoms with Gasteiger partial charge in [0.1, 0.15) is 5.60 Å². The lowest BCUT2D eigenvalue weighted by Gasteiger charge is -2.21. The maximum atomic E-state index is 11.0. The molecule has 0 saturated carbocycles. The first-order chi connectivity index (χ1) is 7.36. The molecular weight excluding hydrogens is 226 g/mol. The monoisotopic (exact) mass is 237 g/mol. The standard InChI is InChI=1S/C12H12ClNO2/c1-4-12(3,16)10-7-9(13)5-6-11(10)14-8(2)15/h1,5-7,16H,2-3H3,(H,14,15). The van der Waals surface area contributed by atoms with Crippen LogP contribution in [0.4, 0.5) is 5.69 Å². The molecule has 1 rings (SSSR count). The Morgan fingerprint density at radius 1 is 1.62 bits per heavy atom. The van der Waals surface area contributed by atoms with Gasteiger partial charge in [-0.3, -0.25) is 4.79 Å². The molecule has 0 aliphatic rings. The highest BCUT2D eigenvalue weighted by atomic mass is 35.5. The van der Waals surface area contributed by atoms with Gasteiger partial charge in [-0.2, -0.15) is 0 Å². The van der Waals surface area contributed by atoms with Crippen LogP contribution >= 0.6 is 11.6 Å². The van der Waals surface area contributed by atoms with Crippen molar-refractivity contribution in [1.82, 2.24) is 0 Å². The topological polar surface area (TPSA) is 49.3 Å². The number of carbonyl (C=O) groups is 1. The van der Waals surface area contributed by atoms with Gasteiger partial charge in [-0.15, -0.1) is 6.42 Å². The van der Waals surface area contributed by atoms with E-state index in [2.05, 4.69) is 11.2 Å². The van der Waals surface area contributed by atoms with Crippen LogP contribution in [0.3, 0.4) is 0 Å². The lowest BCUT2D eigenvalue weighted by molar-refractivity contribution is -0.114. The highest BCUT2D eigenvalue weighted by molar-refractivity contribution is 6.30. The summed E-state index contributed by atoms with van der Waals surface area (Å²) in [5.74, 6) is 2.00. The molecule has 0 heterocycles. The maximum Gasteiger partial charge on any atom is 0.221 e. The van der Waals surface area contributed by atoms with E-state index in [9.17, 15) is 9.90 Å². The van der Waals surface area contributed by atoms with Gasteiger partial charge in [0.2, 0.25) is 5.91 Å². The lowest BCUT2D eigenvalue weighted by Crippen LogP contribution is -2.21. The van der Waals surface area contributed by atoms with Gasteiger partial charge in [0.25, 0.3) is 0 Å². The Bertz CT molecular complexity index is 461. The molecule has 0 bridgehead atoms. The van der Waals surface area contributed by atoms with E-state index in [-0.39, 0.29) is 5.91 Å². The van der Waals surface area contributed by atoms with Crippen molar-refractivity contribution in [2.24, 2.45) is 0 Å². The van der Waals surface area contributed by atoms with E-state index in [1.54, 1.807) is 12.1 Å². The van der Waals surface area contributed by atoms with Crippen molar-refractivity contribution < 1.29 is 9.90 Å². The number of terminal acetylenes is 1. The average Bonchev–Trinajstić information content (AvgIpc) is 2.20. The first-order valence-electron chi connectivity index (χ1n) is 4.64. The molecule has 3 nitrogen and oxygen atoms in total. The zero-order valence-corrected chi connectivity index (χ0v) is 9.80. The number of carbonyl (C=O) groups excluding carboxylic acids is 1. The third-order valence-corrected chi connectivity index (χ3v) is 2.33. The zero-order chi connectivity index (χ0) is 12.3. The number of amides is 1. The second-order valence-electron chi connectivity index (χ2n) is 3.59. The van der Waals surface area contributed by atoms with Crippen LogP contribution in [-0.2, 0) is 10.4 Å². The maximum absolute atomic E-state index is 11.0. The molecule has 4 heteroatoms. The summed E-state index contributed by atoms with van der Waals surface area (Å²) in [5.41, 5.74) is -0.611. The number of nitrogens with one attached hydrogen (secondary N) is 1. The quantitative estimate of drug-likeness (QED) is 0.775. The molecule has 16 heavy (non-hydrogen) atoms. The van der Waals surface area contributed by atoms with E-state index in [1.807, 2.05) is 0 Å². The van der Waals surface area contributed by atoms with Gasteiger partial charge >= 0.3 is 0 Å². The molecule has 2 N–H and O–H groups in total. The number of anilines is 1. The van der Waals surface area contributed by atoms with Crippen LogP contribution in [0.25, 0.3) is 0 Å². The molecule has 84 valence electrons. The van der Waals surface area contributed by atoms with E-state index in [4.69, 9.17) is 18.0 Å². The fourth-order valence-corrected chi connectivity index (χ4v) is 1.47. The summed E-state index contributed by atoms with van der Waals surface area (Å²) in [7, 11) is 0. The fraction of sp³-hybridized carbons (Fsp3) is 0.250. The Hall–Kier alpha value is -1.50. The second-order valence-corrected chi connectivity index (χ2v) is 4.02. The van der Waals surface area contributed by atoms with E-state index < -0.39 is 5.60 Å². The molecule has 0 spiro atoms. The van der Waals surface area contributed by atoms with E-state index in [0.29, 0.717) is 16.3 Å². The number of rotatable bonds is 2. The summed E-state index contributed by atoms with van der Waals surface area (Å²) in [6, 6.07) is 4.75. The van der Waals surface area contributed by atoms with Crippen molar-refractivity contribution in [3.8, 4) is 12.3 Å². The van der Waals surface area contributed by atoms with Gasteiger partial charge in [0.15, 0.2) is 0 Å². The summed E-state index contributed by atoms with van der Waals surface area (Å²) in [6.45, 7) is 2.84. The van der Waals surface area contributed by atoms with Crippen LogP contribution in [0, 0.1) is 12.3 Å². The van der Waals surface area contributed by atoms with Gasteiger partial charge < -0.3 is 10.4 Å². The minimum absolute atomic E-state index is 0.239. The first kappa shape index (κ1) is 12.6. The zero-order valence-electron chi connectivity index (χ0n) is 9.04. The van der Waals surface area contributed by atoms with Crippen LogP contribution in [-0.4, -0.2) is 11.0 Å². The highest BCUT2D eigenvalue weighted by Gasteiger charge is 2.24. The Morgan fingerprint density at radius 2 is 2.25 bits per heavy atom. The van der Waals surface area contributed by atoms with Crippen LogP contribution in [0.2, 0.25) is 5.02 Å². The highest BCUT2D eigenvalue weighted by Crippen LogP contribution is 2.30. The number of halogens is 1. The summed E-state index contributed by atoms with van der Waals surface area (Å²) in [4.78, 5) is 11.0. The smallest absolute Gasteiger partial charge is 0.221 e. The second kappa shape index (κ2) is 4.56. The van der Waals surface area contributed by atoms with Gasteiger partial charge in [0.05, 0.1) is 0 Å². The van der Waals surface area contributed by atoms with Crippen molar-refractivity contribution in [3.05, 3.63) is 28.8 Å². The van der Waals surface area contributed by atoms with Crippen molar-refractivity contribution in [1.29, 1.82) is 0 Å². The first-order valence-corrected chi connectivity index (χ1v) is 5.02. The summed E-state index contributed by atoms with van der Waals surface area (Å²) >= 11 is 5.82. The molecule has 1 amide bonds. The van der Waals surface area contributed by atoms with E-state index in [1.165, 1.54) is 19.9 Å². The van der Waals surface area contributed by atoms with Crippen LogP contribution in [0.5, 0.6) is 0 Å². The minimum Gasteiger partial charge on any atom is -0.374 e. The molecule has 0 saturated heterocycles. The molecule has 0 aromatic heterocycles. The Morgan fingerprint density at radius 3 is 2.75 bits per heavy atom. The van der Waals surface area contributed by atoms with Crippen molar-refractivity contribution in [3.63, 3.8) is 0 Å². The third kappa shape index (κ3) is 2.75. The normalized spacial score (nSPS) is 13.7. The SMILES string of the molecule is C#CC(C)(O)c1cc(Cl)ccc1NC(C)=O. The Labute approximate surface area is 99.4 Å². The predicted octanol–water partition coefficient (Wildman–Crippen LogP) is 2.14. The predicted molar refractivity (Wildman–Crippen MR) is 64.2 cm³/mol. The minimum atomic E-state index is -1.47. The number of aliphatic hydroxyl groups is 1. The molecule has 1 atom stereocenters. The number of hydrogen-bond acceptors (Lipinski definition) is 2. The molecular formula is C12H12ClNO2. The van der Waals surface area contributed by atoms with Crippen LogP contribution in [0.1, 0.15) is 19.4 Å². The number of benzene rings is 1. The molecule has 0 aliphatic carbocycles. The van der Waals surface area contributed by atoms with Gasteiger partial charge in [-0.1, -0.05) is 17.5 Å². The summed E-state index contributed by atoms with van der Waals surface area (Å²) < 4.78 is 0. The van der Waals surface area contributed by atoms with Gasteiger partial charge in [-0.25, -0.2) is 0 Å². The van der Waals surface area contributed by atoms with Gasteiger partial charge in [0, 0.05) is 23.2 Å². The van der Waals surface area contributed by atoms with E-state index >= 15 is 0 Å². The largest absolute Gasteiger partial charge is 0.374 e. The molecule has 1 unspecified atom stereocenters. The lowest BCUT2D eigenvalue weighted by atomic mass is 9.95. The fourth-order valence-electron chi connectivity index (χ4n) is 1.30. The average molecular weight is 238 g/mol. The van der Waals surface area contributed by atoms with E-state index in [0.717, 1.165) is 0 Å². The number of hydrogen-bond donors (Lipinski definition) is 2. The molecule has 0 fully saturated rings. The summed E-state index contributed by atoms with van der Waals surface area (Å²) in [5, 5.41) is 13.0. The van der Waals surface area contributed by atoms with Crippen molar-refractivity contribution in [2.75, 3.05) is 5.32 Å². The molecule has 0 radical (unpaired) electrons.